The van der Waals surface area contributed by atoms with Crippen molar-refractivity contribution in [1.29, 1.82) is 0 Å². The summed E-state index contributed by atoms with van der Waals surface area (Å²) in [6, 6.07) is 11.5. The Hall–Kier alpha value is -1.32. The van der Waals surface area contributed by atoms with Gasteiger partial charge in [-0.3, -0.25) is 0 Å². The van der Waals surface area contributed by atoms with Crippen molar-refractivity contribution in [1.82, 2.24) is 0 Å². The van der Waals surface area contributed by atoms with Gasteiger partial charge in [-0.05, 0) is 23.8 Å². The van der Waals surface area contributed by atoms with Crippen LogP contribution in [0.4, 0.5) is 14.5 Å². The third-order valence-electron chi connectivity index (χ3n) is 2.64. The van der Waals surface area contributed by atoms with Gasteiger partial charge in [0, 0.05) is 12.1 Å². The first-order chi connectivity index (χ1) is 9.08. The van der Waals surface area contributed by atoms with E-state index in [1.807, 2.05) is 0 Å². The van der Waals surface area contributed by atoms with Gasteiger partial charge in [0.05, 0.1) is 15.7 Å². The van der Waals surface area contributed by atoms with E-state index in [0.29, 0.717) is 22.3 Å². The molecular formula is C14H11Cl2F2N. The number of hydrogen-bond acceptors (Lipinski definition) is 1. The van der Waals surface area contributed by atoms with Crippen molar-refractivity contribution in [3.8, 4) is 0 Å². The van der Waals surface area contributed by atoms with E-state index in [0.717, 1.165) is 5.56 Å². The molecule has 0 aromatic heterocycles. The number of alkyl halides is 2. The first-order valence-corrected chi connectivity index (χ1v) is 6.38. The zero-order chi connectivity index (χ0) is 13.8. The monoisotopic (exact) mass is 301 g/mol. The lowest BCUT2D eigenvalue weighted by Gasteiger charge is -2.10. The quantitative estimate of drug-likeness (QED) is 0.781. The van der Waals surface area contributed by atoms with E-state index in [4.69, 9.17) is 23.2 Å². The van der Waals surface area contributed by atoms with Crippen molar-refractivity contribution >= 4 is 28.9 Å². The zero-order valence-electron chi connectivity index (χ0n) is 9.84. The van der Waals surface area contributed by atoms with Crippen molar-refractivity contribution in [3.05, 3.63) is 63.6 Å². The summed E-state index contributed by atoms with van der Waals surface area (Å²) in [6.45, 7) is 0.403. The summed E-state index contributed by atoms with van der Waals surface area (Å²) >= 11 is 11.9. The van der Waals surface area contributed by atoms with Gasteiger partial charge in [0.25, 0.3) is 6.43 Å². The van der Waals surface area contributed by atoms with Crippen LogP contribution in [0.15, 0.2) is 42.5 Å². The van der Waals surface area contributed by atoms with Crippen LogP contribution in [-0.2, 0) is 6.54 Å². The van der Waals surface area contributed by atoms with Crippen molar-refractivity contribution in [3.63, 3.8) is 0 Å². The number of hydrogen-bond donors (Lipinski definition) is 1. The molecule has 0 atom stereocenters. The number of benzene rings is 2. The molecule has 0 radical (unpaired) electrons. The molecule has 0 aliphatic heterocycles. The molecule has 0 unspecified atom stereocenters. The predicted molar refractivity (Wildman–Crippen MR) is 75.2 cm³/mol. The van der Waals surface area contributed by atoms with Gasteiger partial charge < -0.3 is 5.32 Å². The summed E-state index contributed by atoms with van der Waals surface area (Å²) < 4.78 is 25.1. The van der Waals surface area contributed by atoms with Gasteiger partial charge >= 0.3 is 0 Å². The molecule has 0 spiro atoms. The Balaban J connectivity index is 2.10. The van der Waals surface area contributed by atoms with Gasteiger partial charge in [0.2, 0.25) is 0 Å². The third kappa shape index (κ3) is 3.58. The number of halogens is 4. The molecule has 0 aliphatic carbocycles. The van der Waals surface area contributed by atoms with E-state index >= 15 is 0 Å². The van der Waals surface area contributed by atoms with Crippen LogP contribution in [0.1, 0.15) is 17.6 Å². The minimum atomic E-state index is -2.46. The first kappa shape index (κ1) is 14.1. The lowest BCUT2D eigenvalue weighted by Crippen LogP contribution is -2.00. The minimum Gasteiger partial charge on any atom is -0.380 e. The van der Waals surface area contributed by atoms with Crippen LogP contribution >= 0.6 is 23.2 Å². The summed E-state index contributed by atoms with van der Waals surface area (Å²) in [5, 5.41) is 3.95. The van der Waals surface area contributed by atoms with Crippen LogP contribution in [0.5, 0.6) is 0 Å². The highest BCUT2D eigenvalue weighted by atomic mass is 35.5. The molecule has 0 bridgehead atoms. The second-order valence-corrected chi connectivity index (χ2v) is 4.79. The van der Waals surface area contributed by atoms with Gasteiger partial charge in [-0.25, -0.2) is 8.78 Å². The Morgan fingerprint density at radius 3 is 2.53 bits per heavy atom. The van der Waals surface area contributed by atoms with Crippen molar-refractivity contribution in [2.45, 2.75) is 13.0 Å². The van der Waals surface area contributed by atoms with E-state index in [1.165, 1.54) is 12.1 Å². The molecule has 2 aromatic carbocycles. The first-order valence-electron chi connectivity index (χ1n) is 5.63. The van der Waals surface area contributed by atoms with Gasteiger partial charge in [-0.15, -0.1) is 0 Å². The maximum atomic E-state index is 12.6. The van der Waals surface area contributed by atoms with Crippen LogP contribution in [-0.4, -0.2) is 0 Å². The van der Waals surface area contributed by atoms with E-state index in [9.17, 15) is 8.78 Å². The molecule has 0 heterocycles. The molecule has 0 fully saturated rings. The summed E-state index contributed by atoms with van der Waals surface area (Å²) in [5.41, 5.74) is 1.45. The molecule has 0 amide bonds. The number of nitrogens with one attached hydrogen (secondary N) is 1. The molecule has 0 saturated heterocycles. The zero-order valence-corrected chi connectivity index (χ0v) is 11.3. The molecule has 19 heavy (non-hydrogen) atoms. The fourth-order valence-electron chi connectivity index (χ4n) is 1.68. The highest BCUT2D eigenvalue weighted by Crippen LogP contribution is 2.30. The van der Waals surface area contributed by atoms with E-state index in [-0.39, 0.29) is 5.56 Å². The van der Waals surface area contributed by atoms with Crippen LogP contribution in [0.3, 0.4) is 0 Å². The molecule has 1 N–H and O–H groups in total. The summed E-state index contributed by atoms with van der Waals surface area (Å²) in [5.74, 6) is 0. The van der Waals surface area contributed by atoms with E-state index < -0.39 is 6.43 Å². The molecule has 2 rings (SSSR count). The standard InChI is InChI=1S/C14H11Cl2F2N/c15-11-5-2-6-12(13(11)16)19-8-9-3-1-4-10(7-9)14(17)18/h1-7,14,19H,8H2. The van der Waals surface area contributed by atoms with Crippen LogP contribution < -0.4 is 5.32 Å². The van der Waals surface area contributed by atoms with Crippen molar-refractivity contribution < 1.29 is 8.78 Å². The fourth-order valence-corrected chi connectivity index (χ4v) is 2.04. The molecule has 1 nitrogen and oxygen atoms in total. The van der Waals surface area contributed by atoms with Crippen LogP contribution in [0.25, 0.3) is 0 Å². The maximum absolute atomic E-state index is 12.6. The highest BCUT2D eigenvalue weighted by Gasteiger charge is 2.08. The fraction of sp³-hybridized carbons (Fsp3) is 0.143. The summed E-state index contributed by atoms with van der Waals surface area (Å²) in [4.78, 5) is 0. The Morgan fingerprint density at radius 1 is 1.05 bits per heavy atom. The number of anilines is 1. The molecule has 2 aromatic rings. The average molecular weight is 302 g/mol. The van der Waals surface area contributed by atoms with Crippen LogP contribution in [0, 0.1) is 0 Å². The number of rotatable bonds is 4. The molecule has 100 valence electrons. The van der Waals surface area contributed by atoms with Gasteiger partial charge in [0.15, 0.2) is 0 Å². The second kappa shape index (κ2) is 6.22. The normalized spacial score (nSPS) is 10.8. The molecular weight excluding hydrogens is 291 g/mol. The molecule has 0 aliphatic rings. The van der Waals surface area contributed by atoms with Crippen molar-refractivity contribution in [2.75, 3.05) is 5.32 Å². The Morgan fingerprint density at radius 2 is 1.79 bits per heavy atom. The predicted octanol–water partition coefficient (Wildman–Crippen LogP) is 5.54. The Bertz CT molecular complexity index is 573. The van der Waals surface area contributed by atoms with E-state index in [1.54, 1.807) is 30.3 Å². The minimum absolute atomic E-state index is 0.0106. The highest BCUT2D eigenvalue weighted by molar-refractivity contribution is 6.43. The molecule has 0 saturated carbocycles. The Labute approximate surface area is 120 Å². The third-order valence-corrected chi connectivity index (χ3v) is 3.46. The second-order valence-electron chi connectivity index (χ2n) is 4.00. The summed E-state index contributed by atoms with van der Waals surface area (Å²) in [6.07, 6.45) is -2.46. The van der Waals surface area contributed by atoms with Crippen molar-refractivity contribution in [2.24, 2.45) is 0 Å². The summed E-state index contributed by atoms with van der Waals surface area (Å²) in [7, 11) is 0. The Kier molecular flexibility index (Phi) is 4.61. The van der Waals surface area contributed by atoms with Crippen LogP contribution in [0.2, 0.25) is 10.0 Å². The van der Waals surface area contributed by atoms with Gasteiger partial charge in [0.1, 0.15) is 0 Å². The van der Waals surface area contributed by atoms with Gasteiger partial charge in [-0.2, -0.15) is 0 Å². The molecule has 5 heteroatoms. The average Bonchev–Trinajstić information content (AvgIpc) is 2.41. The topological polar surface area (TPSA) is 12.0 Å². The largest absolute Gasteiger partial charge is 0.380 e. The van der Waals surface area contributed by atoms with E-state index in [2.05, 4.69) is 5.32 Å². The lowest BCUT2D eigenvalue weighted by molar-refractivity contribution is 0.151. The SMILES string of the molecule is FC(F)c1cccc(CNc2cccc(Cl)c2Cl)c1. The lowest BCUT2D eigenvalue weighted by atomic mass is 10.1. The van der Waals surface area contributed by atoms with Gasteiger partial charge in [-0.1, -0.05) is 47.5 Å². The smallest absolute Gasteiger partial charge is 0.263 e. The maximum Gasteiger partial charge on any atom is 0.263 e.